The summed E-state index contributed by atoms with van der Waals surface area (Å²) in [5, 5.41) is 2.27. The summed E-state index contributed by atoms with van der Waals surface area (Å²) in [7, 11) is -3.33. The first-order valence-corrected chi connectivity index (χ1v) is 13.0. The lowest BCUT2D eigenvalue weighted by atomic mass is 9.86. The summed E-state index contributed by atoms with van der Waals surface area (Å²) in [6, 6.07) is 3.34. The molecule has 1 aromatic rings. The number of halogens is 1. The zero-order chi connectivity index (χ0) is 23.6. The van der Waals surface area contributed by atoms with Gasteiger partial charge in [0.05, 0.1) is 23.1 Å². The van der Waals surface area contributed by atoms with Gasteiger partial charge in [0, 0.05) is 36.3 Å². The van der Waals surface area contributed by atoms with E-state index in [2.05, 4.69) is 14.9 Å². The number of carbonyl (C=O) groups excluding carboxylic acids is 1. The number of rotatable bonds is 6. The van der Waals surface area contributed by atoms with Gasteiger partial charge in [0.25, 0.3) is 0 Å². The Bertz CT molecular complexity index is 919. The van der Waals surface area contributed by atoms with E-state index in [4.69, 9.17) is 4.74 Å². The lowest BCUT2D eigenvalue weighted by molar-refractivity contribution is -0.120. The molecule has 1 aromatic carbocycles. The maximum atomic E-state index is 15.1. The monoisotopic (exact) mass is 469 g/mol. The Hall–Kier alpha value is -1.71. The van der Waals surface area contributed by atoms with Crippen LogP contribution in [0.3, 0.4) is 0 Å². The molecule has 1 aliphatic heterocycles. The van der Waals surface area contributed by atoms with Gasteiger partial charge in [-0.05, 0) is 72.4 Å². The molecule has 3 rings (SSSR count). The Morgan fingerprint density at radius 1 is 1.12 bits per heavy atom. The van der Waals surface area contributed by atoms with Crippen LogP contribution in [0.2, 0.25) is 0 Å². The Morgan fingerprint density at radius 2 is 1.72 bits per heavy atom. The third kappa shape index (κ3) is 5.80. The smallest absolute Gasteiger partial charge is 0.227 e. The number of ether oxygens (including phenoxy) is 1. The minimum Gasteiger partial charge on any atom is -0.372 e. The van der Waals surface area contributed by atoms with Crippen molar-refractivity contribution in [3.05, 3.63) is 23.5 Å². The van der Waals surface area contributed by atoms with Crippen molar-refractivity contribution >= 4 is 27.3 Å². The molecule has 7 nitrogen and oxygen atoms in total. The molecule has 1 heterocycles. The predicted molar refractivity (Wildman–Crippen MR) is 125 cm³/mol. The standard InChI is InChI=1S/C23H36FN3O4S/c1-14(2)32(29,30)26-19-8-6-18(7-9-19)23(28)25-20-10-11-21(17(5)22(20)24)27-12-15(3)31-16(4)13-27/h10-11,14-16,18-19,26H,6-9,12-13H2,1-5H3,(H,25,28). The number of nitrogens with zero attached hydrogens (tertiary/aromatic N) is 1. The summed E-state index contributed by atoms with van der Waals surface area (Å²) in [5.74, 6) is -0.883. The molecule has 180 valence electrons. The number of hydrogen-bond donors (Lipinski definition) is 2. The number of benzene rings is 1. The van der Waals surface area contributed by atoms with E-state index in [-0.39, 0.29) is 35.8 Å². The highest BCUT2D eigenvalue weighted by Crippen LogP contribution is 2.31. The number of nitrogens with one attached hydrogen (secondary N) is 2. The Morgan fingerprint density at radius 3 is 2.28 bits per heavy atom. The fourth-order valence-corrected chi connectivity index (χ4v) is 5.54. The van der Waals surface area contributed by atoms with Crippen LogP contribution in [0.4, 0.5) is 15.8 Å². The van der Waals surface area contributed by atoms with Crippen molar-refractivity contribution in [3.8, 4) is 0 Å². The Kier molecular flexibility index (Phi) is 7.83. The first kappa shape index (κ1) is 24.9. The van der Waals surface area contributed by atoms with Gasteiger partial charge < -0.3 is 15.0 Å². The minimum absolute atomic E-state index is 0.0701. The van der Waals surface area contributed by atoms with Gasteiger partial charge in [0.2, 0.25) is 15.9 Å². The summed E-state index contributed by atoms with van der Waals surface area (Å²) in [5.41, 5.74) is 1.52. The molecule has 0 radical (unpaired) electrons. The molecule has 2 fully saturated rings. The lowest BCUT2D eigenvalue weighted by Crippen LogP contribution is -2.45. The summed E-state index contributed by atoms with van der Waals surface area (Å²) in [4.78, 5) is 14.9. The molecule has 2 N–H and O–H groups in total. The summed E-state index contributed by atoms with van der Waals surface area (Å²) in [6.45, 7) is 10.4. The lowest BCUT2D eigenvalue weighted by Gasteiger charge is -2.37. The van der Waals surface area contributed by atoms with Crippen LogP contribution in [0.15, 0.2) is 12.1 Å². The van der Waals surface area contributed by atoms with Crippen molar-refractivity contribution in [1.82, 2.24) is 4.72 Å². The first-order chi connectivity index (χ1) is 15.0. The average Bonchev–Trinajstić information content (AvgIpc) is 2.71. The summed E-state index contributed by atoms with van der Waals surface area (Å²) >= 11 is 0. The molecule has 9 heteroatoms. The van der Waals surface area contributed by atoms with E-state index in [0.29, 0.717) is 44.3 Å². The number of morpholine rings is 1. The van der Waals surface area contributed by atoms with Gasteiger partial charge in [-0.25, -0.2) is 17.5 Å². The molecule has 2 aliphatic rings. The third-order valence-corrected chi connectivity index (χ3v) is 8.33. The van der Waals surface area contributed by atoms with Crippen LogP contribution in [0.25, 0.3) is 0 Å². The molecule has 0 aromatic heterocycles. The second kappa shape index (κ2) is 10.1. The highest BCUT2D eigenvalue weighted by molar-refractivity contribution is 7.90. The summed E-state index contributed by atoms with van der Waals surface area (Å²) < 4.78 is 47.7. The maximum absolute atomic E-state index is 15.1. The first-order valence-electron chi connectivity index (χ1n) is 11.5. The summed E-state index contributed by atoms with van der Waals surface area (Å²) in [6.07, 6.45) is 2.47. The van der Waals surface area contributed by atoms with Gasteiger partial charge in [-0.1, -0.05) is 0 Å². The van der Waals surface area contributed by atoms with Crippen LogP contribution < -0.4 is 14.9 Å². The Balaban J connectivity index is 1.61. The van der Waals surface area contributed by atoms with Crippen LogP contribution in [-0.4, -0.2) is 50.9 Å². The zero-order valence-corrected chi connectivity index (χ0v) is 20.5. The maximum Gasteiger partial charge on any atom is 0.227 e. The number of anilines is 2. The number of hydrogen-bond acceptors (Lipinski definition) is 5. The quantitative estimate of drug-likeness (QED) is 0.665. The van der Waals surface area contributed by atoms with Crippen LogP contribution in [0.1, 0.15) is 58.9 Å². The molecule has 1 saturated carbocycles. The van der Waals surface area contributed by atoms with Gasteiger partial charge in [-0.3, -0.25) is 4.79 Å². The third-order valence-electron chi connectivity index (χ3n) is 6.43. The van der Waals surface area contributed by atoms with E-state index in [0.717, 1.165) is 5.69 Å². The van der Waals surface area contributed by atoms with E-state index in [1.165, 1.54) is 0 Å². The average molecular weight is 470 g/mol. The van der Waals surface area contributed by atoms with E-state index in [9.17, 15) is 13.2 Å². The van der Waals surface area contributed by atoms with E-state index in [1.807, 2.05) is 19.9 Å². The van der Waals surface area contributed by atoms with Crippen LogP contribution in [0.5, 0.6) is 0 Å². The van der Waals surface area contributed by atoms with Gasteiger partial charge in [-0.2, -0.15) is 0 Å². The van der Waals surface area contributed by atoms with Crippen molar-refractivity contribution in [3.63, 3.8) is 0 Å². The second-order valence-corrected chi connectivity index (χ2v) is 11.8. The van der Waals surface area contributed by atoms with Gasteiger partial charge >= 0.3 is 0 Å². The number of amides is 1. The van der Waals surface area contributed by atoms with Crippen molar-refractivity contribution in [2.45, 2.75) is 83.8 Å². The molecule has 2 atom stereocenters. The van der Waals surface area contributed by atoms with E-state index < -0.39 is 21.1 Å². The van der Waals surface area contributed by atoms with Crippen LogP contribution in [-0.2, 0) is 19.6 Å². The fourth-order valence-electron chi connectivity index (χ4n) is 4.57. The molecule has 2 unspecified atom stereocenters. The largest absolute Gasteiger partial charge is 0.372 e. The highest BCUT2D eigenvalue weighted by atomic mass is 32.2. The highest BCUT2D eigenvalue weighted by Gasteiger charge is 2.30. The van der Waals surface area contributed by atoms with Crippen molar-refractivity contribution < 1.29 is 22.3 Å². The number of carbonyl (C=O) groups is 1. The van der Waals surface area contributed by atoms with Gasteiger partial charge in [0.15, 0.2) is 5.82 Å². The van der Waals surface area contributed by atoms with Crippen molar-refractivity contribution in [1.29, 1.82) is 0 Å². The minimum atomic E-state index is -3.33. The number of sulfonamides is 1. The van der Waals surface area contributed by atoms with E-state index >= 15 is 4.39 Å². The molecule has 1 amide bonds. The molecule has 0 spiro atoms. The molecule has 0 bridgehead atoms. The van der Waals surface area contributed by atoms with Gasteiger partial charge in [0.1, 0.15) is 0 Å². The SMILES string of the molecule is Cc1c(N2CC(C)OC(C)C2)ccc(NC(=O)C2CCC(NS(=O)(=O)C(C)C)CC2)c1F. The normalized spacial score (nSPS) is 26.9. The topological polar surface area (TPSA) is 87.7 Å². The van der Waals surface area contributed by atoms with Crippen LogP contribution >= 0.6 is 0 Å². The molecule has 1 aliphatic carbocycles. The van der Waals surface area contributed by atoms with Crippen LogP contribution in [0, 0.1) is 18.7 Å². The van der Waals surface area contributed by atoms with Gasteiger partial charge in [-0.15, -0.1) is 0 Å². The van der Waals surface area contributed by atoms with Crippen molar-refractivity contribution in [2.75, 3.05) is 23.3 Å². The molecule has 32 heavy (non-hydrogen) atoms. The van der Waals surface area contributed by atoms with Crippen molar-refractivity contribution in [2.24, 2.45) is 5.92 Å². The predicted octanol–water partition coefficient (Wildman–Crippen LogP) is 3.57. The molecular formula is C23H36FN3O4S. The molecular weight excluding hydrogens is 433 g/mol. The molecule has 1 saturated heterocycles. The van der Waals surface area contributed by atoms with E-state index in [1.54, 1.807) is 26.8 Å². The zero-order valence-electron chi connectivity index (χ0n) is 19.7. The Labute approximate surface area is 191 Å². The second-order valence-electron chi connectivity index (χ2n) is 9.48. The fraction of sp³-hybridized carbons (Fsp3) is 0.696.